The van der Waals surface area contributed by atoms with Crippen molar-refractivity contribution in [3.8, 4) is 11.8 Å². The standard InChI is InChI=1S/C14H17ClFN/c1-3-5-9-13(17-10-4-2)11-7-6-8-12(16)14(11)15/h6-8,13,17H,4,9-10H2,1-2H3. The minimum atomic E-state index is -0.378. The maximum Gasteiger partial charge on any atom is 0.142 e. The Morgan fingerprint density at radius 3 is 2.88 bits per heavy atom. The second kappa shape index (κ2) is 7.32. The van der Waals surface area contributed by atoms with Crippen molar-refractivity contribution in [2.24, 2.45) is 0 Å². The molecule has 3 heteroatoms. The third-order valence-corrected chi connectivity index (χ3v) is 2.88. The lowest BCUT2D eigenvalue weighted by atomic mass is 10.0. The van der Waals surface area contributed by atoms with Gasteiger partial charge in [-0.15, -0.1) is 11.8 Å². The Kier molecular flexibility index (Phi) is 6.04. The molecule has 0 amide bonds. The number of hydrogen-bond acceptors (Lipinski definition) is 1. The Morgan fingerprint density at radius 1 is 1.47 bits per heavy atom. The first-order chi connectivity index (χ1) is 8.20. The van der Waals surface area contributed by atoms with Gasteiger partial charge < -0.3 is 5.32 Å². The number of halogens is 2. The van der Waals surface area contributed by atoms with Crippen LogP contribution in [0.2, 0.25) is 5.02 Å². The molecule has 1 aromatic rings. The third-order valence-electron chi connectivity index (χ3n) is 2.48. The molecule has 0 aromatic heterocycles. The van der Waals surface area contributed by atoms with Crippen LogP contribution in [0.1, 0.15) is 38.3 Å². The monoisotopic (exact) mass is 253 g/mol. The van der Waals surface area contributed by atoms with Crippen molar-refractivity contribution < 1.29 is 4.39 Å². The van der Waals surface area contributed by atoms with Crippen LogP contribution in [-0.2, 0) is 0 Å². The van der Waals surface area contributed by atoms with Crippen LogP contribution in [0.4, 0.5) is 4.39 Å². The van der Waals surface area contributed by atoms with E-state index in [1.54, 1.807) is 13.0 Å². The predicted molar refractivity (Wildman–Crippen MR) is 70.5 cm³/mol. The summed E-state index contributed by atoms with van der Waals surface area (Å²) in [5.41, 5.74) is 0.780. The number of nitrogens with one attached hydrogen (secondary N) is 1. The third kappa shape index (κ3) is 4.03. The summed E-state index contributed by atoms with van der Waals surface area (Å²) in [6.45, 7) is 4.75. The summed E-state index contributed by atoms with van der Waals surface area (Å²) in [4.78, 5) is 0. The molecule has 1 nitrogen and oxygen atoms in total. The minimum Gasteiger partial charge on any atom is -0.309 e. The SMILES string of the molecule is CC#CCC(NCCC)c1cccc(F)c1Cl. The fraction of sp³-hybridized carbons (Fsp3) is 0.429. The van der Waals surface area contributed by atoms with Gasteiger partial charge in [0.2, 0.25) is 0 Å². The molecule has 0 spiro atoms. The van der Waals surface area contributed by atoms with Crippen LogP contribution in [0.15, 0.2) is 18.2 Å². The molecule has 1 rings (SSSR count). The fourth-order valence-electron chi connectivity index (χ4n) is 1.60. The highest BCUT2D eigenvalue weighted by molar-refractivity contribution is 6.31. The summed E-state index contributed by atoms with van der Waals surface area (Å²) in [5.74, 6) is 5.48. The van der Waals surface area contributed by atoms with Gasteiger partial charge in [0.15, 0.2) is 0 Å². The molecule has 0 aliphatic rings. The van der Waals surface area contributed by atoms with Crippen molar-refractivity contribution in [1.82, 2.24) is 5.32 Å². The Morgan fingerprint density at radius 2 is 2.24 bits per heavy atom. The molecule has 0 saturated carbocycles. The van der Waals surface area contributed by atoms with Crippen LogP contribution in [0.5, 0.6) is 0 Å². The molecule has 1 atom stereocenters. The van der Waals surface area contributed by atoms with Crippen molar-refractivity contribution in [3.05, 3.63) is 34.6 Å². The molecule has 0 saturated heterocycles. The van der Waals surface area contributed by atoms with Crippen molar-refractivity contribution in [1.29, 1.82) is 0 Å². The number of rotatable bonds is 5. The molecule has 1 aromatic carbocycles. The number of benzene rings is 1. The normalized spacial score (nSPS) is 11.8. The molecule has 0 bridgehead atoms. The van der Waals surface area contributed by atoms with E-state index in [9.17, 15) is 4.39 Å². The van der Waals surface area contributed by atoms with E-state index in [1.165, 1.54) is 6.07 Å². The summed E-state index contributed by atoms with van der Waals surface area (Å²) in [6, 6.07) is 4.88. The Hall–Kier alpha value is -1.04. The molecule has 0 aliphatic carbocycles. The maximum absolute atomic E-state index is 13.4. The fourth-order valence-corrected chi connectivity index (χ4v) is 1.86. The lowest BCUT2D eigenvalue weighted by molar-refractivity contribution is 0.537. The second-order valence-corrected chi connectivity index (χ2v) is 4.16. The van der Waals surface area contributed by atoms with Gasteiger partial charge in [0.1, 0.15) is 5.82 Å². The zero-order valence-corrected chi connectivity index (χ0v) is 10.9. The van der Waals surface area contributed by atoms with Crippen LogP contribution in [0.25, 0.3) is 0 Å². The average Bonchev–Trinajstić information content (AvgIpc) is 2.34. The van der Waals surface area contributed by atoms with Crippen LogP contribution in [-0.4, -0.2) is 6.54 Å². The van der Waals surface area contributed by atoms with Gasteiger partial charge in [-0.2, -0.15) is 0 Å². The van der Waals surface area contributed by atoms with Crippen molar-refractivity contribution in [2.75, 3.05) is 6.54 Å². The van der Waals surface area contributed by atoms with Gasteiger partial charge in [0.05, 0.1) is 5.02 Å². The van der Waals surface area contributed by atoms with E-state index in [4.69, 9.17) is 11.6 Å². The van der Waals surface area contributed by atoms with E-state index in [-0.39, 0.29) is 16.9 Å². The highest BCUT2D eigenvalue weighted by atomic mass is 35.5. The molecule has 0 aliphatic heterocycles. The van der Waals surface area contributed by atoms with Crippen LogP contribution in [0.3, 0.4) is 0 Å². The first kappa shape index (κ1) is 14.0. The van der Waals surface area contributed by atoms with Gasteiger partial charge >= 0.3 is 0 Å². The Bertz CT molecular complexity index is 420. The minimum absolute atomic E-state index is 0.00870. The van der Waals surface area contributed by atoms with Gasteiger partial charge in [-0.25, -0.2) is 4.39 Å². The summed E-state index contributed by atoms with van der Waals surface area (Å²) >= 11 is 5.98. The van der Waals surface area contributed by atoms with Crippen molar-refractivity contribution in [2.45, 2.75) is 32.7 Å². The lowest BCUT2D eigenvalue weighted by Gasteiger charge is -2.18. The molecule has 17 heavy (non-hydrogen) atoms. The second-order valence-electron chi connectivity index (χ2n) is 3.78. The summed E-state index contributed by atoms with van der Waals surface area (Å²) < 4.78 is 13.4. The summed E-state index contributed by atoms with van der Waals surface area (Å²) in [6.07, 6.45) is 1.66. The van der Waals surface area contributed by atoms with E-state index in [0.717, 1.165) is 18.5 Å². The lowest BCUT2D eigenvalue weighted by Crippen LogP contribution is -2.22. The van der Waals surface area contributed by atoms with Crippen molar-refractivity contribution >= 4 is 11.6 Å². The van der Waals surface area contributed by atoms with Crippen molar-refractivity contribution in [3.63, 3.8) is 0 Å². The Balaban J connectivity index is 2.93. The van der Waals surface area contributed by atoms with Gasteiger partial charge in [0.25, 0.3) is 0 Å². The van der Waals surface area contributed by atoms with E-state index < -0.39 is 0 Å². The molecule has 0 heterocycles. The zero-order chi connectivity index (χ0) is 12.7. The highest BCUT2D eigenvalue weighted by Crippen LogP contribution is 2.27. The maximum atomic E-state index is 13.4. The molecular formula is C14H17ClFN. The highest BCUT2D eigenvalue weighted by Gasteiger charge is 2.15. The van der Waals surface area contributed by atoms with E-state index in [2.05, 4.69) is 24.1 Å². The number of hydrogen-bond donors (Lipinski definition) is 1. The molecule has 92 valence electrons. The first-order valence-corrected chi connectivity index (χ1v) is 6.15. The largest absolute Gasteiger partial charge is 0.309 e. The molecular weight excluding hydrogens is 237 g/mol. The predicted octanol–water partition coefficient (Wildman–Crippen LogP) is 3.93. The van der Waals surface area contributed by atoms with Crippen LogP contribution in [0, 0.1) is 17.7 Å². The van der Waals surface area contributed by atoms with E-state index >= 15 is 0 Å². The molecule has 1 N–H and O–H groups in total. The average molecular weight is 254 g/mol. The summed E-state index contributed by atoms with van der Waals surface area (Å²) in [7, 11) is 0. The van der Waals surface area contributed by atoms with Gasteiger partial charge in [0, 0.05) is 12.5 Å². The van der Waals surface area contributed by atoms with Crippen LogP contribution >= 0.6 is 11.6 Å². The van der Waals surface area contributed by atoms with Gasteiger partial charge in [-0.3, -0.25) is 0 Å². The quantitative estimate of drug-likeness (QED) is 0.784. The zero-order valence-electron chi connectivity index (χ0n) is 10.2. The topological polar surface area (TPSA) is 12.0 Å². The molecule has 0 radical (unpaired) electrons. The van der Waals surface area contributed by atoms with Gasteiger partial charge in [-0.05, 0) is 31.5 Å². The van der Waals surface area contributed by atoms with Gasteiger partial charge in [-0.1, -0.05) is 30.7 Å². The molecule has 1 unspecified atom stereocenters. The Labute approximate surface area is 107 Å². The van der Waals surface area contributed by atoms with Crippen LogP contribution < -0.4 is 5.32 Å². The summed E-state index contributed by atoms with van der Waals surface area (Å²) in [5, 5.41) is 3.53. The smallest absolute Gasteiger partial charge is 0.142 e. The van der Waals surface area contributed by atoms with E-state index in [1.807, 2.05) is 6.07 Å². The molecule has 0 fully saturated rings. The first-order valence-electron chi connectivity index (χ1n) is 5.77. The van der Waals surface area contributed by atoms with E-state index in [0.29, 0.717) is 6.42 Å².